The van der Waals surface area contributed by atoms with Crippen molar-refractivity contribution < 1.29 is 13.9 Å². The quantitative estimate of drug-likeness (QED) is 0.842. The van der Waals surface area contributed by atoms with E-state index in [1.165, 1.54) is 6.07 Å². The molecule has 2 aromatic rings. The highest BCUT2D eigenvalue weighted by Crippen LogP contribution is 2.24. The number of halogens is 2. The number of carbonyl (C=O) groups excluding carboxylic acids is 1. The van der Waals surface area contributed by atoms with Gasteiger partial charge in [-0.05, 0) is 52.3 Å². The molecule has 0 aromatic heterocycles. The van der Waals surface area contributed by atoms with Gasteiger partial charge in [0.15, 0.2) is 0 Å². The third-order valence-corrected chi connectivity index (χ3v) is 3.33. The summed E-state index contributed by atoms with van der Waals surface area (Å²) in [4.78, 5) is 12.1. The van der Waals surface area contributed by atoms with E-state index in [2.05, 4.69) is 21.2 Å². The molecule has 0 bridgehead atoms. The second kappa shape index (κ2) is 5.92. The summed E-state index contributed by atoms with van der Waals surface area (Å²) in [6, 6.07) is 9.32. The maximum absolute atomic E-state index is 13.2. The Balaban J connectivity index is 2.21. The van der Waals surface area contributed by atoms with Gasteiger partial charge in [0.1, 0.15) is 11.6 Å². The van der Waals surface area contributed by atoms with Crippen LogP contribution in [0.25, 0.3) is 0 Å². The SMILES string of the molecule is COc1ccc(NC(=O)c2cc(N)c(F)cc2Br)cc1. The minimum atomic E-state index is -0.571. The maximum atomic E-state index is 13.2. The molecule has 4 nitrogen and oxygen atoms in total. The minimum absolute atomic E-state index is 0.0759. The van der Waals surface area contributed by atoms with Crippen molar-refractivity contribution in [3.8, 4) is 5.75 Å². The molecular weight excluding hydrogens is 327 g/mol. The summed E-state index contributed by atoms with van der Waals surface area (Å²) in [7, 11) is 1.56. The number of benzene rings is 2. The molecule has 0 saturated carbocycles. The Labute approximate surface area is 123 Å². The van der Waals surface area contributed by atoms with Crippen LogP contribution in [-0.4, -0.2) is 13.0 Å². The molecule has 0 saturated heterocycles. The number of nitrogens with two attached hydrogens (primary N) is 1. The second-order valence-corrected chi connectivity index (χ2v) is 4.89. The molecule has 6 heteroatoms. The molecule has 0 aliphatic rings. The number of hydrogen-bond donors (Lipinski definition) is 2. The van der Waals surface area contributed by atoms with Gasteiger partial charge in [0.05, 0.1) is 18.4 Å². The van der Waals surface area contributed by atoms with Crippen LogP contribution < -0.4 is 15.8 Å². The number of hydrogen-bond acceptors (Lipinski definition) is 3. The van der Waals surface area contributed by atoms with E-state index < -0.39 is 5.82 Å². The molecule has 20 heavy (non-hydrogen) atoms. The molecular formula is C14H12BrFN2O2. The Bertz CT molecular complexity index is 644. The zero-order valence-electron chi connectivity index (χ0n) is 10.6. The molecule has 2 aromatic carbocycles. The average Bonchev–Trinajstić information content (AvgIpc) is 2.43. The van der Waals surface area contributed by atoms with Gasteiger partial charge in [0.2, 0.25) is 0 Å². The number of ether oxygens (including phenoxy) is 1. The van der Waals surface area contributed by atoms with Crippen LogP contribution in [0.3, 0.4) is 0 Å². The fraction of sp³-hybridized carbons (Fsp3) is 0.0714. The lowest BCUT2D eigenvalue weighted by Crippen LogP contribution is -2.13. The van der Waals surface area contributed by atoms with Crippen LogP contribution in [0.15, 0.2) is 40.9 Å². The number of carbonyl (C=O) groups is 1. The zero-order chi connectivity index (χ0) is 14.7. The number of rotatable bonds is 3. The summed E-state index contributed by atoms with van der Waals surface area (Å²) in [6.45, 7) is 0. The van der Waals surface area contributed by atoms with Crippen LogP contribution in [0.4, 0.5) is 15.8 Å². The van der Waals surface area contributed by atoms with E-state index in [9.17, 15) is 9.18 Å². The zero-order valence-corrected chi connectivity index (χ0v) is 12.2. The van der Waals surface area contributed by atoms with Gasteiger partial charge in [-0.15, -0.1) is 0 Å². The van der Waals surface area contributed by atoms with Crippen molar-refractivity contribution in [3.05, 3.63) is 52.3 Å². The van der Waals surface area contributed by atoms with Crippen LogP contribution in [0, 0.1) is 5.82 Å². The van der Waals surface area contributed by atoms with Gasteiger partial charge in [-0.3, -0.25) is 4.79 Å². The third kappa shape index (κ3) is 3.08. The molecule has 0 aliphatic heterocycles. The van der Waals surface area contributed by atoms with Crippen molar-refractivity contribution in [1.29, 1.82) is 0 Å². The lowest BCUT2D eigenvalue weighted by molar-refractivity contribution is 0.102. The summed E-state index contributed by atoms with van der Waals surface area (Å²) in [5.74, 6) is -0.262. The third-order valence-electron chi connectivity index (χ3n) is 2.68. The first kappa shape index (κ1) is 14.3. The Morgan fingerprint density at radius 2 is 1.95 bits per heavy atom. The summed E-state index contributed by atoms with van der Waals surface area (Å²) >= 11 is 3.14. The molecule has 0 radical (unpaired) electrons. The van der Waals surface area contributed by atoms with E-state index in [1.54, 1.807) is 31.4 Å². The van der Waals surface area contributed by atoms with E-state index in [0.717, 1.165) is 6.07 Å². The number of anilines is 2. The van der Waals surface area contributed by atoms with E-state index in [1.807, 2.05) is 0 Å². The average molecular weight is 339 g/mol. The van der Waals surface area contributed by atoms with Crippen LogP contribution >= 0.6 is 15.9 Å². The summed E-state index contributed by atoms with van der Waals surface area (Å²) in [5, 5.41) is 2.69. The first-order valence-electron chi connectivity index (χ1n) is 5.71. The predicted octanol–water partition coefficient (Wildman–Crippen LogP) is 3.43. The van der Waals surface area contributed by atoms with Crippen LogP contribution in [-0.2, 0) is 0 Å². The number of amides is 1. The first-order chi connectivity index (χ1) is 9.51. The monoisotopic (exact) mass is 338 g/mol. The summed E-state index contributed by atoms with van der Waals surface area (Å²) in [6.07, 6.45) is 0. The molecule has 104 valence electrons. The Morgan fingerprint density at radius 1 is 1.30 bits per heavy atom. The van der Waals surface area contributed by atoms with E-state index >= 15 is 0 Å². The number of nitrogen functional groups attached to an aromatic ring is 1. The molecule has 0 fully saturated rings. The van der Waals surface area contributed by atoms with Crippen molar-refractivity contribution in [2.45, 2.75) is 0 Å². The van der Waals surface area contributed by atoms with Crippen molar-refractivity contribution in [2.75, 3.05) is 18.2 Å². The highest BCUT2D eigenvalue weighted by atomic mass is 79.9. The summed E-state index contributed by atoms with van der Waals surface area (Å²) in [5.41, 5.74) is 6.26. The van der Waals surface area contributed by atoms with Gasteiger partial charge in [-0.25, -0.2) is 4.39 Å². The lowest BCUT2D eigenvalue weighted by atomic mass is 10.1. The standard InChI is InChI=1S/C14H12BrFN2O2/c1-20-9-4-2-8(3-5-9)18-14(19)10-6-13(17)12(16)7-11(10)15/h2-7H,17H2,1H3,(H,18,19). The normalized spacial score (nSPS) is 10.2. The molecule has 2 rings (SSSR count). The van der Waals surface area contributed by atoms with Gasteiger partial charge in [0.25, 0.3) is 5.91 Å². The highest BCUT2D eigenvalue weighted by Gasteiger charge is 2.13. The van der Waals surface area contributed by atoms with Crippen molar-refractivity contribution >= 4 is 33.2 Å². The largest absolute Gasteiger partial charge is 0.497 e. The number of nitrogens with one attached hydrogen (secondary N) is 1. The molecule has 0 aliphatic carbocycles. The topological polar surface area (TPSA) is 64.3 Å². The molecule has 1 amide bonds. The molecule has 0 heterocycles. The molecule has 3 N–H and O–H groups in total. The molecule has 0 spiro atoms. The molecule has 0 atom stereocenters. The van der Waals surface area contributed by atoms with E-state index in [4.69, 9.17) is 10.5 Å². The Hall–Kier alpha value is -2.08. The molecule has 0 unspecified atom stereocenters. The van der Waals surface area contributed by atoms with Gasteiger partial charge >= 0.3 is 0 Å². The highest BCUT2D eigenvalue weighted by molar-refractivity contribution is 9.10. The minimum Gasteiger partial charge on any atom is -0.497 e. The van der Waals surface area contributed by atoms with Crippen molar-refractivity contribution in [1.82, 2.24) is 0 Å². The smallest absolute Gasteiger partial charge is 0.256 e. The van der Waals surface area contributed by atoms with E-state index in [0.29, 0.717) is 15.9 Å². The van der Waals surface area contributed by atoms with Crippen LogP contribution in [0.5, 0.6) is 5.75 Å². The van der Waals surface area contributed by atoms with Crippen LogP contribution in [0.2, 0.25) is 0 Å². The van der Waals surface area contributed by atoms with Crippen LogP contribution in [0.1, 0.15) is 10.4 Å². The summed E-state index contributed by atoms with van der Waals surface area (Å²) < 4.78 is 18.6. The van der Waals surface area contributed by atoms with Gasteiger partial charge in [-0.1, -0.05) is 0 Å². The van der Waals surface area contributed by atoms with Gasteiger partial charge < -0.3 is 15.8 Å². The Kier molecular flexibility index (Phi) is 4.24. The Morgan fingerprint density at radius 3 is 2.55 bits per heavy atom. The fourth-order valence-corrected chi connectivity index (χ4v) is 2.11. The maximum Gasteiger partial charge on any atom is 0.256 e. The van der Waals surface area contributed by atoms with Gasteiger partial charge in [-0.2, -0.15) is 0 Å². The first-order valence-corrected chi connectivity index (χ1v) is 6.50. The fourth-order valence-electron chi connectivity index (χ4n) is 1.61. The van der Waals surface area contributed by atoms with Crippen molar-refractivity contribution in [2.24, 2.45) is 0 Å². The van der Waals surface area contributed by atoms with Gasteiger partial charge in [0, 0.05) is 10.2 Å². The second-order valence-electron chi connectivity index (χ2n) is 4.04. The predicted molar refractivity (Wildman–Crippen MR) is 79.5 cm³/mol. The van der Waals surface area contributed by atoms with E-state index in [-0.39, 0.29) is 17.2 Å². The lowest BCUT2D eigenvalue weighted by Gasteiger charge is -2.09. The number of methoxy groups -OCH3 is 1. The van der Waals surface area contributed by atoms with Crippen molar-refractivity contribution in [3.63, 3.8) is 0 Å².